The lowest BCUT2D eigenvalue weighted by Crippen LogP contribution is -1.84. The topological polar surface area (TPSA) is 0 Å². The lowest BCUT2D eigenvalue weighted by atomic mass is 9.94. The van der Waals surface area contributed by atoms with Crippen molar-refractivity contribution in [3.8, 4) is 0 Å². The van der Waals surface area contributed by atoms with E-state index in [2.05, 4.69) is 67.2 Å². The van der Waals surface area contributed by atoms with Gasteiger partial charge in [-0.15, -0.1) is 12.6 Å². The third-order valence-corrected chi connectivity index (χ3v) is 3.86. The zero-order valence-electron chi connectivity index (χ0n) is 9.14. The smallest absolute Gasteiger partial charge is 0.0125 e. The van der Waals surface area contributed by atoms with Crippen LogP contribution < -0.4 is 0 Å². The molecule has 0 aliphatic heterocycles. The third kappa shape index (κ3) is 1.15. The van der Waals surface area contributed by atoms with Gasteiger partial charge in [0.05, 0.1) is 0 Å². The molecule has 0 N–H and O–H groups in total. The maximum atomic E-state index is 4.61. The molecule has 0 heterocycles. The molecule has 0 saturated carbocycles. The first-order chi connectivity index (χ1) is 8.34. The molecule has 1 heteroatoms. The molecule has 0 aromatic heterocycles. The van der Waals surface area contributed by atoms with Gasteiger partial charge >= 0.3 is 0 Å². The highest BCUT2D eigenvalue weighted by molar-refractivity contribution is 7.80. The highest BCUT2D eigenvalue weighted by atomic mass is 32.1. The molecule has 4 aromatic carbocycles. The summed E-state index contributed by atoms with van der Waals surface area (Å²) in [5, 5.41) is 7.82. The summed E-state index contributed by atoms with van der Waals surface area (Å²) >= 11 is 4.61. The summed E-state index contributed by atoms with van der Waals surface area (Å²) in [7, 11) is 0. The summed E-state index contributed by atoms with van der Waals surface area (Å²) in [4.78, 5) is 1.06. The zero-order chi connectivity index (χ0) is 11.4. The van der Waals surface area contributed by atoms with E-state index in [0.29, 0.717) is 0 Å². The van der Waals surface area contributed by atoms with Crippen LogP contribution in [0.2, 0.25) is 0 Å². The van der Waals surface area contributed by atoms with Crippen LogP contribution in [0, 0.1) is 0 Å². The molecule has 0 aliphatic rings. The Kier molecular flexibility index (Phi) is 1.72. The Morgan fingerprint density at radius 3 is 2.12 bits per heavy atom. The van der Waals surface area contributed by atoms with E-state index in [1.54, 1.807) is 0 Å². The van der Waals surface area contributed by atoms with Gasteiger partial charge in [-0.2, -0.15) is 0 Å². The standard InChI is InChI=1S/C16H10S/c17-14-9-12-5-1-3-10-7-8-11-4-2-6-13(14)16(11)15(10)12/h1-9,17H. The van der Waals surface area contributed by atoms with Gasteiger partial charge in [-0.3, -0.25) is 0 Å². The van der Waals surface area contributed by atoms with Crippen molar-refractivity contribution < 1.29 is 0 Å². The van der Waals surface area contributed by atoms with E-state index in [9.17, 15) is 0 Å². The van der Waals surface area contributed by atoms with Crippen molar-refractivity contribution >= 4 is 44.9 Å². The van der Waals surface area contributed by atoms with E-state index < -0.39 is 0 Å². The minimum Gasteiger partial charge on any atom is -0.143 e. The number of hydrogen-bond donors (Lipinski definition) is 1. The Morgan fingerprint density at radius 1 is 0.647 bits per heavy atom. The summed E-state index contributed by atoms with van der Waals surface area (Å²) < 4.78 is 0. The summed E-state index contributed by atoms with van der Waals surface area (Å²) in [5.41, 5.74) is 0. The number of benzene rings is 4. The molecule has 4 aromatic rings. The molecule has 80 valence electrons. The van der Waals surface area contributed by atoms with Gasteiger partial charge < -0.3 is 0 Å². The minimum atomic E-state index is 1.06. The predicted molar refractivity (Wildman–Crippen MR) is 77.4 cm³/mol. The van der Waals surface area contributed by atoms with E-state index in [-0.39, 0.29) is 0 Å². The fourth-order valence-electron chi connectivity index (χ4n) is 2.74. The van der Waals surface area contributed by atoms with Crippen molar-refractivity contribution in [2.45, 2.75) is 4.90 Å². The van der Waals surface area contributed by atoms with E-state index in [1.165, 1.54) is 32.3 Å². The quantitative estimate of drug-likeness (QED) is 0.325. The molecule has 0 atom stereocenters. The normalized spacial score (nSPS) is 11.8. The van der Waals surface area contributed by atoms with Crippen molar-refractivity contribution in [2.75, 3.05) is 0 Å². The first kappa shape index (κ1) is 9.32. The van der Waals surface area contributed by atoms with E-state index >= 15 is 0 Å². The van der Waals surface area contributed by atoms with Gasteiger partial charge in [-0.25, -0.2) is 0 Å². The summed E-state index contributed by atoms with van der Waals surface area (Å²) in [6.07, 6.45) is 0. The van der Waals surface area contributed by atoms with Crippen LogP contribution in [0.25, 0.3) is 32.3 Å². The Labute approximate surface area is 105 Å². The predicted octanol–water partition coefficient (Wildman–Crippen LogP) is 4.87. The first-order valence-electron chi connectivity index (χ1n) is 5.70. The monoisotopic (exact) mass is 234 g/mol. The molecule has 0 spiro atoms. The largest absolute Gasteiger partial charge is 0.143 e. The molecule has 0 aliphatic carbocycles. The molecular formula is C16H10S. The second-order valence-electron chi connectivity index (χ2n) is 4.44. The van der Waals surface area contributed by atoms with Crippen LogP contribution in [-0.4, -0.2) is 0 Å². The molecule has 0 radical (unpaired) electrons. The maximum Gasteiger partial charge on any atom is 0.0125 e. The van der Waals surface area contributed by atoms with Crippen LogP contribution in [0.15, 0.2) is 59.5 Å². The summed E-state index contributed by atoms with van der Waals surface area (Å²) in [6, 6.07) is 19.4. The van der Waals surface area contributed by atoms with Crippen molar-refractivity contribution in [1.82, 2.24) is 0 Å². The molecular weight excluding hydrogens is 224 g/mol. The van der Waals surface area contributed by atoms with E-state index in [1.807, 2.05) is 0 Å². The molecule has 17 heavy (non-hydrogen) atoms. The van der Waals surface area contributed by atoms with Crippen molar-refractivity contribution in [1.29, 1.82) is 0 Å². The van der Waals surface area contributed by atoms with Crippen LogP contribution in [0.4, 0.5) is 0 Å². The van der Waals surface area contributed by atoms with Gasteiger partial charge in [0.1, 0.15) is 0 Å². The molecule has 0 saturated heterocycles. The minimum absolute atomic E-state index is 1.06. The fraction of sp³-hybridized carbons (Fsp3) is 0. The van der Waals surface area contributed by atoms with Crippen molar-refractivity contribution in [3.63, 3.8) is 0 Å². The van der Waals surface area contributed by atoms with Crippen LogP contribution >= 0.6 is 12.6 Å². The average Bonchev–Trinajstić information content (AvgIpc) is 2.37. The van der Waals surface area contributed by atoms with Gasteiger partial charge in [-0.05, 0) is 38.4 Å². The zero-order valence-corrected chi connectivity index (χ0v) is 10.0. The van der Waals surface area contributed by atoms with Crippen LogP contribution in [-0.2, 0) is 0 Å². The second-order valence-corrected chi connectivity index (χ2v) is 4.93. The first-order valence-corrected chi connectivity index (χ1v) is 6.15. The fourth-order valence-corrected chi connectivity index (χ4v) is 3.07. The molecule has 0 fully saturated rings. The Morgan fingerprint density at radius 2 is 1.29 bits per heavy atom. The van der Waals surface area contributed by atoms with Gasteiger partial charge in [0.15, 0.2) is 0 Å². The lowest BCUT2D eigenvalue weighted by molar-refractivity contribution is 1.61. The molecule has 0 amide bonds. The SMILES string of the molecule is Sc1cc2cccc3ccc4cccc1c4c32. The summed E-state index contributed by atoms with van der Waals surface area (Å²) in [5.74, 6) is 0. The van der Waals surface area contributed by atoms with Gasteiger partial charge in [0.2, 0.25) is 0 Å². The van der Waals surface area contributed by atoms with E-state index in [0.717, 1.165) is 4.90 Å². The number of thiol groups is 1. The third-order valence-electron chi connectivity index (χ3n) is 3.49. The second kappa shape index (κ2) is 3.14. The molecule has 0 unspecified atom stereocenters. The molecule has 4 rings (SSSR count). The Hall–Kier alpha value is -1.73. The average molecular weight is 234 g/mol. The van der Waals surface area contributed by atoms with Gasteiger partial charge in [-0.1, -0.05) is 48.5 Å². The maximum absolute atomic E-state index is 4.61. The Bertz CT molecular complexity index is 846. The van der Waals surface area contributed by atoms with Crippen LogP contribution in [0.5, 0.6) is 0 Å². The van der Waals surface area contributed by atoms with Crippen LogP contribution in [0.1, 0.15) is 0 Å². The highest BCUT2D eigenvalue weighted by Crippen LogP contribution is 2.37. The van der Waals surface area contributed by atoms with E-state index in [4.69, 9.17) is 0 Å². The Balaban J connectivity index is 2.50. The number of hydrogen-bond acceptors (Lipinski definition) is 1. The van der Waals surface area contributed by atoms with Gasteiger partial charge in [0, 0.05) is 4.90 Å². The molecule has 0 bridgehead atoms. The van der Waals surface area contributed by atoms with Crippen molar-refractivity contribution in [3.05, 3.63) is 54.6 Å². The van der Waals surface area contributed by atoms with Gasteiger partial charge in [0.25, 0.3) is 0 Å². The van der Waals surface area contributed by atoms with Crippen molar-refractivity contribution in [2.24, 2.45) is 0 Å². The number of rotatable bonds is 0. The summed E-state index contributed by atoms with van der Waals surface area (Å²) in [6.45, 7) is 0. The molecule has 0 nitrogen and oxygen atoms in total. The lowest BCUT2D eigenvalue weighted by Gasteiger charge is -2.11. The van der Waals surface area contributed by atoms with Crippen LogP contribution in [0.3, 0.4) is 0 Å². The highest BCUT2D eigenvalue weighted by Gasteiger charge is 2.09.